The molecule has 4 nitrogen and oxygen atoms in total. The monoisotopic (exact) mass is 302 g/mol. The fourth-order valence-corrected chi connectivity index (χ4v) is 2.11. The van der Waals surface area contributed by atoms with Gasteiger partial charge in [-0.2, -0.15) is 0 Å². The van der Waals surface area contributed by atoms with Crippen LogP contribution in [0.3, 0.4) is 0 Å². The third-order valence-electron chi connectivity index (χ3n) is 2.99. The molecule has 0 saturated heterocycles. The van der Waals surface area contributed by atoms with Gasteiger partial charge in [-0.3, -0.25) is 0 Å². The number of para-hydroxylation sites is 1. The highest BCUT2D eigenvalue weighted by Gasteiger charge is 2.03. The van der Waals surface area contributed by atoms with Crippen LogP contribution in [0.1, 0.15) is 5.56 Å². The number of thiol groups is 1. The van der Waals surface area contributed by atoms with E-state index in [1.807, 2.05) is 48.5 Å². The quantitative estimate of drug-likeness (QED) is 0.742. The van der Waals surface area contributed by atoms with E-state index >= 15 is 0 Å². The van der Waals surface area contributed by atoms with Crippen LogP contribution in [0.4, 0.5) is 10.5 Å². The number of hydrogen-bond acceptors (Lipinski definition) is 3. The van der Waals surface area contributed by atoms with Gasteiger partial charge in [0.15, 0.2) is 0 Å². The maximum atomic E-state index is 11.8. The fraction of sp³-hybridized carbons (Fsp3) is 0.188. The first-order chi connectivity index (χ1) is 10.2. The van der Waals surface area contributed by atoms with Crippen molar-refractivity contribution in [1.82, 2.24) is 5.32 Å². The van der Waals surface area contributed by atoms with Crippen molar-refractivity contribution < 1.29 is 9.53 Å². The molecule has 0 unspecified atom stereocenters. The largest absolute Gasteiger partial charge is 0.497 e. The summed E-state index contributed by atoms with van der Waals surface area (Å²) in [6.07, 6.45) is 0.743. The number of benzene rings is 2. The van der Waals surface area contributed by atoms with E-state index in [-0.39, 0.29) is 6.03 Å². The molecule has 2 amide bonds. The molecule has 2 aromatic rings. The number of anilines is 1. The molecular weight excluding hydrogens is 284 g/mol. The molecule has 5 heteroatoms. The molecule has 0 radical (unpaired) electrons. The number of rotatable bonds is 5. The topological polar surface area (TPSA) is 50.4 Å². The molecular formula is C16H18N2O2S. The molecule has 21 heavy (non-hydrogen) atoms. The van der Waals surface area contributed by atoms with Crippen molar-refractivity contribution in [3.8, 4) is 5.75 Å². The van der Waals surface area contributed by atoms with Crippen molar-refractivity contribution in [3.63, 3.8) is 0 Å². The van der Waals surface area contributed by atoms with Crippen LogP contribution in [0.25, 0.3) is 0 Å². The Morgan fingerprint density at radius 2 is 2.00 bits per heavy atom. The third kappa shape index (κ3) is 4.72. The Balaban J connectivity index is 1.80. The summed E-state index contributed by atoms with van der Waals surface area (Å²) in [7, 11) is 1.64. The molecule has 0 aliphatic rings. The smallest absolute Gasteiger partial charge is 0.319 e. The Kier molecular flexibility index (Phi) is 5.51. The highest BCUT2D eigenvalue weighted by Crippen LogP contribution is 2.18. The van der Waals surface area contributed by atoms with Crippen molar-refractivity contribution in [1.29, 1.82) is 0 Å². The highest BCUT2D eigenvalue weighted by molar-refractivity contribution is 7.80. The Morgan fingerprint density at radius 1 is 1.19 bits per heavy atom. The van der Waals surface area contributed by atoms with Crippen molar-refractivity contribution >= 4 is 24.3 Å². The number of carbonyl (C=O) groups is 1. The highest BCUT2D eigenvalue weighted by atomic mass is 32.1. The average molecular weight is 302 g/mol. The van der Waals surface area contributed by atoms with Gasteiger partial charge in [0.2, 0.25) is 0 Å². The molecule has 0 heterocycles. The average Bonchev–Trinajstić information content (AvgIpc) is 2.50. The van der Waals surface area contributed by atoms with E-state index in [4.69, 9.17) is 4.74 Å². The van der Waals surface area contributed by atoms with Gasteiger partial charge in [0.25, 0.3) is 0 Å². The number of nitrogens with one attached hydrogen (secondary N) is 2. The molecule has 0 aromatic heterocycles. The lowest BCUT2D eigenvalue weighted by Crippen LogP contribution is -2.30. The normalized spacial score (nSPS) is 10.0. The summed E-state index contributed by atoms with van der Waals surface area (Å²) in [6.45, 7) is 0.549. The van der Waals surface area contributed by atoms with Gasteiger partial charge >= 0.3 is 6.03 Å². The number of hydrogen-bond donors (Lipinski definition) is 3. The van der Waals surface area contributed by atoms with E-state index in [1.54, 1.807) is 7.11 Å². The number of ether oxygens (including phenoxy) is 1. The van der Waals surface area contributed by atoms with E-state index in [9.17, 15) is 4.79 Å². The first-order valence-electron chi connectivity index (χ1n) is 6.65. The number of methoxy groups -OCH3 is 1. The van der Waals surface area contributed by atoms with Crippen LogP contribution in [0.5, 0.6) is 5.75 Å². The summed E-state index contributed by atoms with van der Waals surface area (Å²) in [5, 5.41) is 5.59. The molecule has 110 valence electrons. The maximum Gasteiger partial charge on any atom is 0.319 e. The van der Waals surface area contributed by atoms with Crippen LogP contribution in [0, 0.1) is 0 Å². The summed E-state index contributed by atoms with van der Waals surface area (Å²) in [5.74, 6) is 0.820. The zero-order chi connectivity index (χ0) is 15.1. The van der Waals surface area contributed by atoms with Crippen molar-refractivity contribution in [2.24, 2.45) is 0 Å². The lowest BCUT2D eigenvalue weighted by atomic mass is 10.1. The summed E-state index contributed by atoms with van der Waals surface area (Å²) >= 11 is 4.29. The number of amides is 2. The van der Waals surface area contributed by atoms with Crippen LogP contribution in [0.15, 0.2) is 53.4 Å². The van der Waals surface area contributed by atoms with Gasteiger partial charge in [-0.05, 0) is 36.2 Å². The minimum absolute atomic E-state index is 0.237. The van der Waals surface area contributed by atoms with E-state index in [0.717, 1.165) is 22.6 Å². The first-order valence-corrected chi connectivity index (χ1v) is 7.09. The third-order valence-corrected chi connectivity index (χ3v) is 3.38. The summed E-state index contributed by atoms with van der Waals surface area (Å²) in [5.41, 5.74) is 1.81. The van der Waals surface area contributed by atoms with Crippen molar-refractivity contribution in [2.45, 2.75) is 11.3 Å². The molecule has 0 atom stereocenters. The lowest BCUT2D eigenvalue weighted by molar-refractivity contribution is 0.252. The number of urea groups is 1. The second kappa shape index (κ2) is 7.59. The van der Waals surface area contributed by atoms with Crippen LogP contribution < -0.4 is 15.4 Å². The van der Waals surface area contributed by atoms with Gasteiger partial charge in [0, 0.05) is 11.4 Å². The van der Waals surface area contributed by atoms with Gasteiger partial charge in [0.1, 0.15) is 5.75 Å². The second-order valence-corrected chi connectivity index (χ2v) is 4.98. The molecule has 2 rings (SSSR count). The summed E-state index contributed by atoms with van der Waals surface area (Å²) in [6, 6.07) is 14.9. The Morgan fingerprint density at radius 3 is 2.76 bits per heavy atom. The zero-order valence-electron chi connectivity index (χ0n) is 11.8. The first kappa shape index (κ1) is 15.3. The van der Waals surface area contributed by atoms with E-state index in [1.165, 1.54) is 0 Å². The summed E-state index contributed by atoms with van der Waals surface area (Å²) in [4.78, 5) is 12.5. The van der Waals surface area contributed by atoms with Gasteiger partial charge in [-0.25, -0.2) is 4.79 Å². The Labute approximate surface area is 129 Å². The molecule has 2 N–H and O–H groups in total. The van der Waals surface area contributed by atoms with Gasteiger partial charge in [-0.1, -0.05) is 24.3 Å². The van der Waals surface area contributed by atoms with Crippen molar-refractivity contribution in [3.05, 3.63) is 54.1 Å². The zero-order valence-corrected chi connectivity index (χ0v) is 12.7. The Hall–Kier alpha value is -2.14. The predicted molar refractivity (Wildman–Crippen MR) is 87.4 cm³/mol. The van der Waals surface area contributed by atoms with Crippen LogP contribution >= 0.6 is 12.6 Å². The van der Waals surface area contributed by atoms with Crippen LogP contribution in [-0.4, -0.2) is 19.7 Å². The number of carbonyl (C=O) groups excluding carboxylic acids is 1. The molecule has 2 aromatic carbocycles. The molecule has 0 aliphatic carbocycles. The molecule has 0 saturated carbocycles. The van der Waals surface area contributed by atoms with Gasteiger partial charge < -0.3 is 15.4 Å². The van der Waals surface area contributed by atoms with Crippen LogP contribution in [-0.2, 0) is 6.42 Å². The fourth-order valence-electron chi connectivity index (χ4n) is 1.89. The molecule has 0 bridgehead atoms. The van der Waals surface area contributed by atoms with E-state index in [2.05, 4.69) is 23.3 Å². The minimum Gasteiger partial charge on any atom is -0.497 e. The van der Waals surface area contributed by atoms with E-state index < -0.39 is 0 Å². The minimum atomic E-state index is -0.237. The standard InChI is InChI=1S/C16H18N2O2S/c1-20-13-6-4-5-12(11-13)9-10-17-16(19)18-14-7-2-3-8-15(14)21/h2-8,11,21H,9-10H2,1H3,(H2,17,18,19). The molecule has 0 fully saturated rings. The molecule has 0 spiro atoms. The Bertz CT molecular complexity index is 617. The maximum absolute atomic E-state index is 11.8. The second-order valence-electron chi connectivity index (χ2n) is 4.50. The lowest BCUT2D eigenvalue weighted by Gasteiger charge is -2.09. The SMILES string of the molecule is COc1cccc(CCNC(=O)Nc2ccccc2S)c1. The van der Waals surface area contributed by atoms with E-state index in [0.29, 0.717) is 12.2 Å². The molecule has 0 aliphatic heterocycles. The summed E-state index contributed by atoms with van der Waals surface area (Å²) < 4.78 is 5.17. The van der Waals surface area contributed by atoms with Gasteiger partial charge in [-0.15, -0.1) is 12.6 Å². The van der Waals surface area contributed by atoms with Crippen molar-refractivity contribution in [2.75, 3.05) is 19.0 Å². The van der Waals surface area contributed by atoms with Crippen LogP contribution in [0.2, 0.25) is 0 Å². The van der Waals surface area contributed by atoms with Gasteiger partial charge in [0.05, 0.1) is 12.8 Å². The predicted octanol–water partition coefficient (Wildman–Crippen LogP) is 3.35.